The van der Waals surface area contributed by atoms with Gasteiger partial charge in [0.15, 0.2) is 5.82 Å². The molecule has 1 atom stereocenters. The van der Waals surface area contributed by atoms with E-state index >= 15 is 0 Å². The molecular weight excluding hydrogens is 387 g/mol. The topological polar surface area (TPSA) is 88.3 Å². The van der Waals surface area contributed by atoms with E-state index in [9.17, 15) is 14.0 Å². The molecule has 2 heterocycles. The molecule has 30 heavy (non-hydrogen) atoms. The van der Waals surface area contributed by atoms with E-state index in [2.05, 4.69) is 15.5 Å². The van der Waals surface area contributed by atoms with Crippen molar-refractivity contribution < 1.29 is 18.5 Å². The SMILES string of the molecule is CC(C)c1noc(C2CCCN(C(=O)Cc3cccc(F)c3)CCC(=O)NCC2)n1. The summed E-state index contributed by atoms with van der Waals surface area (Å²) in [5, 5.41) is 6.96. The van der Waals surface area contributed by atoms with Crippen LogP contribution in [0.4, 0.5) is 4.39 Å². The maximum absolute atomic E-state index is 13.4. The summed E-state index contributed by atoms with van der Waals surface area (Å²) < 4.78 is 18.9. The van der Waals surface area contributed by atoms with E-state index in [-0.39, 0.29) is 42.3 Å². The summed E-state index contributed by atoms with van der Waals surface area (Å²) in [7, 11) is 0. The molecule has 0 spiro atoms. The quantitative estimate of drug-likeness (QED) is 0.827. The fourth-order valence-electron chi connectivity index (χ4n) is 3.57. The molecule has 162 valence electrons. The molecule has 1 N–H and O–H groups in total. The van der Waals surface area contributed by atoms with Gasteiger partial charge in [0.1, 0.15) is 5.82 Å². The first-order valence-electron chi connectivity index (χ1n) is 10.5. The molecule has 1 aromatic carbocycles. The maximum atomic E-state index is 13.4. The monoisotopic (exact) mass is 416 g/mol. The first kappa shape index (κ1) is 21.9. The van der Waals surface area contributed by atoms with Crippen molar-refractivity contribution in [1.29, 1.82) is 0 Å². The normalized spacial score (nSPS) is 18.7. The van der Waals surface area contributed by atoms with Crippen molar-refractivity contribution in [3.05, 3.63) is 47.4 Å². The zero-order valence-corrected chi connectivity index (χ0v) is 17.6. The number of hydrogen-bond donors (Lipinski definition) is 1. The second-order valence-corrected chi connectivity index (χ2v) is 8.06. The number of halogens is 1. The van der Waals surface area contributed by atoms with E-state index in [1.54, 1.807) is 17.0 Å². The van der Waals surface area contributed by atoms with Crippen molar-refractivity contribution in [3.63, 3.8) is 0 Å². The highest BCUT2D eigenvalue weighted by atomic mass is 19.1. The van der Waals surface area contributed by atoms with Gasteiger partial charge in [0.05, 0.1) is 6.42 Å². The number of carbonyl (C=O) groups is 2. The molecule has 1 unspecified atom stereocenters. The van der Waals surface area contributed by atoms with Crippen molar-refractivity contribution in [1.82, 2.24) is 20.4 Å². The summed E-state index contributed by atoms with van der Waals surface area (Å²) in [6.45, 7) is 5.43. The minimum absolute atomic E-state index is 0.0311. The van der Waals surface area contributed by atoms with Gasteiger partial charge in [-0.1, -0.05) is 31.1 Å². The Morgan fingerprint density at radius 3 is 2.90 bits per heavy atom. The van der Waals surface area contributed by atoms with E-state index in [4.69, 9.17) is 4.52 Å². The number of carbonyl (C=O) groups excluding carboxylic acids is 2. The van der Waals surface area contributed by atoms with Crippen LogP contribution >= 0.6 is 0 Å². The highest BCUT2D eigenvalue weighted by molar-refractivity contribution is 5.80. The van der Waals surface area contributed by atoms with Crippen LogP contribution < -0.4 is 5.32 Å². The van der Waals surface area contributed by atoms with Gasteiger partial charge in [-0.15, -0.1) is 0 Å². The molecule has 8 heteroatoms. The molecule has 3 rings (SSSR count). The lowest BCUT2D eigenvalue weighted by atomic mass is 9.99. The van der Waals surface area contributed by atoms with Gasteiger partial charge in [0, 0.05) is 37.9 Å². The molecule has 0 radical (unpaired) electrons. The Bertz CT molecular complexity index is 868. The molecule has 0 bridgehead atoms. The van der Waals surface area contributed by atoms with Crippen LogP contribution in [0.25, 0.3) is 0 Å². The Morgan fingerprint density at radius 1 is 1.33 bits per heavy atom. The Balaban J connectivity index is 1.67. The first-order valence-corrected chi connectivity index (χ1v) is 10.5. The van der Waals surface area contributed by atoms with Crippen molar-refractivity contribution in [2.45, 2.75) is 57.8 Å². The number of rotatable bonds is 4. The van der Waals surface area contributed by atoms with E-state index in [1.807, 2.05) is 13.8 Å². The van der Waals surface area contributed by atoms with Crippen LogP contribution in [0, 0.1) is 5.82 Å². The third kappa shape index (κ3) is 6.11. The Hall–Kier alpha value is -2.77. The second kappa shape index (κ2) is 10.3. The molecule has 1 saturated heterocycles. The van der Waals surface area contributed by atoms with Crippen LogP contribution in [-0.2, 0) is 16.0 Å². The van der Waals surface area contributed by atoms with Gasteiger partial charge < -0.3 is 14.7 Å². The fraction of sp³-hybridized carbons (Fsp3) is 0.545. The number of amides is 2. The Labute approximate surface area is 176 Å². The number of benzene rings is 1. The third-order valence-electron chi connectivity index (χ3n) is 5.32. The van der Waals surface area contributed by atoms with E-state index in [1.165, 1.54) is 12.1 Å². The number of hydrogen-bond acceptors (Lipinski definition) is 5. The minimum atomic E-state index is -0.361. The predicted molar refractivity (Wildman–Crippen MR) is 109 cm³/mol. The molecule has 1 aromatic heterocycles. The Morgan fingerprint density at radius 2 is 2.17 bits per heavy atom. The van der Waals surface area contributed by atoms with Crippen LogP contribution in [0.5, 0.6) is 0 Å². The van der Waals surface area contributed by atoms with Crippen LogP contribution in [-0.4, -0.2) is 46.5 Å². The molecule has 2 amide bonds. The lowest BCUT2D eigenvalue weighted by molar-refractivity contribution is -0.131. The molecular formula is C22H29FN4O3. The van der Waals surface area contributed by atoms with Crippen molar-refractivity contribution >= 4 is 11.8 Å². The lowest BCUT2D eigenvalue weighted by Gasteiger charge is -2.23. The number of aromatic nitrogens is 2. The van der Waals surface area contributed by atoms with Crippen LogP contribution in [0.2, 0.25) is 0 Å². The van der Waals surface area contributed by atoms with Crippen molar-refractivity contribution in [2.24, 2.45) is 0 Å². The summed E-state index contributed by atoms with van der Waals surface area (Å²) >= 11 is 0. The molecule has 1 aliphatic rings. The van der Waals surface area contributed by atoms with E-state index in [0.29, 0.717) is 43.3 Å². The van der Waals surface area contributed by atoms with Crippen LogP contribution in [0.1, 0.15) is 68.6 Å². The summed E-state index contributed by atoms with van der Waals surface area (Å²) in [5.74, 6) is 0.918. The second-order valence-electron chi connectivity index (χ2n) is 8.06. The van der Waals surface area contributed by atoms with Gasteiger partial charge in [-0.2, -0.15) is 4.98 Å². The molecule has 2 aromatic rings. The maximum Gasteiger partial charge on any atom is 0.229 e. The zero-order valence-electron chi connectivity index (χ0n) is 17.6. The minimum Gasteiger partial charge on any atom is -0.356 e. The zero-order chi connectivity index (χ0) is 21.5. The van der Waals surface area contributed by atoms with Gasteiger partial charge >= 0.3 is 0 Å². The standard InChI is InChI=1S/C22H29FN4O3/c1-15(2)21-25-22(30-26-21)17-6-4-11-27(12-9-19(28)24-10-8-17)20(29)14-16-5-3-7-18(23)13-16/h3,5,7,13,15,17H,4,6,8-12,14H2,1-2H3,(H,24,28). The van der Waals surface area contributed by atoms with Gasteiger partial charge in [0.25, 0.3) is 0 Å². The smallest absolute Gasteiger partial charge is 0.229 e. The van der Waals surface area contributed by atoms with Crippen molar-refractivity contribution in [2.75, 3.05) is 19.6 Å². The molecule has 0 aliphatic carbocycles. The van der Waals surface area contributed by atoms with E-state index in [0.717, 1.165) is 12.8 Å². The average molecular weight is 416 g/mol. The summed E-state index contributed by atoms with van der Waals surface area (Å²) in [6.07, 6.45) is 2.61. The average Bonchev–Trinajstić information content (AvgIpc) is 3.18. The molecule has 1 aliphatic heterocycles. The number of nitrogens with one attached hydrogen (secondary N) is 1. The largest absolute Gasteiger partial charge is 0.356 e. The van der Waals surface area contributed by atoms with Gasteiger partial charge in [0.2, 0.25) is 17.7 Å². The summed E-state index contributed by atoms with van der Waals surface area (Å²) in [6, 6.07) is 6.05. The summed E-state index contributed by atoms with van der Waals surface area (Å²) in [5.41, 5.74) is 0.628. The molecule has 7 nitrogen and oxygen atoms in total. The van der Waals surface area contributed by atoms with Crippen LogP contribution in [0.15, 0.2) is 28.8 Å². The van der Waals surface area contributed by atoms with Crippen LogP contribution in [0.3, 0.4) is 0 Å². The van der Waals surface area contributed by atoms with Gasteiger partial charge in [-0.25, -0.2) is 4.39 Å². The summed E-state index contributed by atoms with van der Waals surface area (Å²) in [4.78, 5) is 31.2. The fourth-order valence-corrected chi connectivity index (χ4v) is 3.57. The number of nitrogens with zero attached hydrogens (tertiary/aromatic N) is 3. The van der Waals surface area contributed by atoms with Crippen molar-refractivity contribution in [3.8, 4) is 0 Å². The lowest BCUT2D eigenvalue weighted by Crippen LogP contribution is -2.36. The van der Waals surface area contributed by atoms with Gasteiger partial charge in [-0.05, 0) is 37.0 Å². The Kier molecular flexibility index (Phi) is 7.54. The van der Waals surface area contributed by atoms with E-state index < -0.39 is 0 Å². The highest BCUT2D eigenvalue weighted by Crippen LogP contribution is 2.25. The third-order valence-corrected chi connectivity index (χ3v) is 5.32. The first-order chi connectivity index (χ1) is 14.4. The van der Waals surface area contributed by atoms with Gasteiger partial charge in [-0.3, -0.25) is 9.59 Å². The molecule has 1 fully saturated rings. The predicted octanol–water partition coefficient (Wildman–Crippen LogP) is 3.18. The molecule has 0 saturated carbocycles. The highest BCUT2D eigenvalue weighted by Gasteiger charge is 2.23.